The number of benzene rings is 1. The second kappa shape index (κ2) is 6.78. The summed E-state index contributed by atoms with van der Waals surface area (Å²) in [6.07, 6.45) is 0. The smallest absolute Gasteiger partial charge is 0.161 e. The highest BCUT2D eigenvalue weighted by Gasteiger charge is 2.24. The van der Waals surface area contributed by atoms with Crippen LogP contribution in [0.4, 0.5) is 0 Å². The van der Waals surface area contributed by atoms with Gasteiger partial charge < -0.3 is 20.5 Å². The molecule has 0 bridgehead atoms. The van der Waals surface area contributed by atoms with E-state index in [1.54, 1.807) is 14.2 Å². The van der Waals surface area contributed by atoms with Gasteiger partial charge in [0.05, 0.1) is 14.2 Å². The maximum Gasteiger partial charge on any atom is 0.161 e. The van der Waals surface area contributed by atoms with E-state index >= 15 is 0 Å². The number of methoxy groups -OCH3 is 2. The molecule has 108 valence electrons. The zero-order valence-corrected chi connectivity index (χ0v) is 12.7. The van der Waals surface area contributed by atoms with Gasteiger partial charge in [0.1, 0.15) is 0 Å². The van der Waals surface area contributed by atoms with Crippen LogP contribution in [-0.4, -0.2) is 33.9 Å². The lowest BCUT2D eigenvalue weighted by Crippen LogP contribution is -2.36. The number of aryl methyl sites for hydroxylation is 1. The predicted molar refractivity (Wildman–Crippen MR) is 79.2 cm³/mol. The van der Waals surface area contributed by atoms with Gasteiger partial charge in [0.25, 0.3) is 0 Å². The average Bonchev–Trinajstić information content (AvgIpc) is 2.38. The number of nitrogens with one attached hydrogen (secondary N) is 1. The van der Waals surface area contributed by atoms with Crippen LogP contribution in [0.2, 0.25) is 0 Å². The minimum atomic E-state index is 0.0127. The van der Waals surface area contributed by atoms with E-state index in [0.717, 1.165) is 24.6 Å². The molecular formula is C15H26N2O2. The highest BCUT2D eigenvalue weighted by molar-refractivity contribution is 5.49. The molecule has 0 aliphatic rings. The first kappa shape index (κ1) is 15.8. The van der Waals surface area contributed by atoms with E-state index in [2.05, 4.69) is 32.2 Å². The van der Waals surface area contributed by atoms with Crippen molar-refractivity contribution in [3.63, 3.8) is 0 Å². The lowest BCUT2D eigenvalue weighted by Gasteiger charge is -2.28. The van der Waals surface area contributed by atoms with Crippen molar-refractivity contribution in [1.82, 2.24) is 5.32 Å². The van der Waals surface area contributed by atoms with Gasteiger partial charge in [-0.05, 0) is 30.2 Å². The number of nitrogens with two attached hydrogens (primary N) is 1. The normalized spacial score (nSPS) is 11.5. The zero-order valence-electron chi connectivity index (χ0n) is 12.7. The monoisotopic (exact) mass is 266 g/mol. The molecule has 0 atom stereocenters. The predicted octanol–water partition coefficient (Wildman–Crippen LogP) is 1.84. The first-order valence-corrected chi connectivity index (χ1v) is 6.60. The highest BCUT2D eigenvalue weighted by Crippen LogP contribution is 2.35. The molecule has 0 amide bonds. The van der Waals surface area contributed by atoms with Gasteiger partial charge in [0.15, 0.2) is 11.5 Å². The van der Waals surface area contributed by atoms with Gasteiger partial charge in [0, 0.05) is 25.0 Å². The topological polar surface area (TPSA) is 56.5 Å². The fraction of sp³-hybridized carbons (Fsp3) is 0.600. The third-order valence-corrected chi connectivity index (χ3v) is 3.35. The summed E-state index contributed by atoms with van der Waals surface area (Å²) >= 11 is 0. The Labute approximate surface area is 116 Å². The number of hydrogen-bond donors (Lipinski definition) is 2. The molecule has 0 aromatic heterocycles. The summed E-state index contributed by atoms with van der Waals surface area (Å²) in [5.74, 6) is 1.55. The molecule has 3 N–H and O–H groups in total. The minimum absolute atomic E-state index is 0.0127. The van der Waals surface area contributed by atoms with Crippen molar-refractivity contribution >= 4 is 0 Å². The molecule has 0 unspecified atom stereocenters. The van der Waals surface area contributed by atoms with E-state index in [1.165, 1.54) is 11.1 Å². The Kier molecular flexibility index (Phi) is 5.63. The molecule has 0 spiro atoms. The van der Waals surface area contributed by atoms with Crippen LogP contribution in [0.3, 0.4) is 0 Å². The molecule has 0 radical (unpaired) electrons. The quantitative estimate of drug-likeness (QED) is 0.739. The molecule has 0 fully saturated rings. The van der Waals surface area contributed by atoms with Crippen molar-refractivity contribution in [2.75, 3.05) is 33.9 Å². The third kappa shape index (κ3) is 3.85. The van der Waals surface area contributed by atoms with Gasteiger partial charge in [-0.25, -0.2) is 0 Å². The molecule has 4 heteroatoms. The summed E-state index contributed by atoms with van der Waals surface area (Å²) in [6, 6.07) is 4.09. The second-order valence-electron chi connectivity index (χ2n) is 5.37. The second-order valence-corrected chi connectivity index (χ2v) is 5.37. The van der Waals surface area contributed by atoms with Crippen LogP contribution in [0.15, 0.2) is 12.1 Å². The van der Waals surface area contributed by atoms with Crippen LogP contribution in [-0.2, 0) is 5.41 Å². The molecule has 0 saturated carbocycles. The van der Waals surface area contributed by atoms with Crippen LogP contribution in [0.5, 0.6) is 11.5 Å². The Morgan fingerprint density at radius 2 is 1.74 bits per heavy atom. The largest absolute Gasteiger partial charge is 0.493 e. The Hall–Kier alpha value is -1.26. The van der Waals surface area contributed by atoms with Gasteiger partial charge in [0.2, 0.25) is 0 Å². The van der Waals surface area contributed by atoms with Crippen LogP contribution in [0, 0.1) is 6.92 Å². The zero-order chi connectivity index (χ0) is 14.5. The van der Waals surface area contributed by atoms with E-state index in [9.17, 15) is 0 Å². The number of rotatable bonds is 7. The van der Waals surface area contributed by atoms with Gasteiger partial charge in [-0.2, -0.15) is 0 Å². The van der Waals surface area contributed by atoms with Crippen LogP contribution >= 0.6 is 0 Å². The van der Waals surface area contributed by atoms with Gasteiger partial charge in [-0.1, -0.05) is 13.8 Å². The van der Waals surface area contributed by atoms with Crippen molar-refractivity contribution in [2.24, 2.45) is 5.73 Å². The van der Waals surface area contributed by atoms with Crippen molar-refractivity contribution in [3.8, 4) is 11.5 Å². The SMILES string of the molecule is COc1cc(C)c(C(C)(C)CNCCN)cc1OC. The molecular weight excluding hydrogens is 240 g/mol. The van der Waals surface area contributed by atoms with E-state index in [4.69, 9.17) is 15.2 Å². The fourth-order valence-corrected chi connectivity index (χ4v) is 2.31. The van der Waals surface area contributed by atoms with Gasteiger partial charge >= 0.3 is 0 Å². The Balaban J connectivity index is 3.04. The van der Waals surface area contributed by atoms with Crippen molar-refractivity contribution in [3.05, 3.63) is 23.3 Å². The van der Waals surface area contributed by atoms with Gasteiger partial charge in [-0.15, -0.1) is 0 Å². The maximum atomic E-state index is 5.51. The number of hydrogen-bond acceptors (Lipinski definition) is 4. The molecule has 4 nitrogen and oxygen atoms in total. The summed E-state index contributed by atoms with van der Waals surface area (Å²) in [5.41, 5.74) is 7.99. The van der Waals surface area contributed by atoms with E-state index in [1.807, 2.05) is 6.07 Å². The summed E-state index contributed by atoms with van der Waals surface area (Å²) in [4.78, 5) is 0. The molecule has 0 aliphatic carbocycles. The third-order valence-electron chi connectivity index (χ3n) is 3.35. The van der Waals surface area contributed by atoms with Gasteiger partial charge in [-0.3, -0.25) is 0 Å². The molecule has 1 aromatic carbocycles. The summed E-state index contributed by atoms with van der Waals surface area (Å²) < 4.78 is 10.7. The first-order chi connectivity index (χ1) is 8.96. The maximum absolute atomic E-state index is 5.51. The summed E-state index contributed by atoms with van der Waals surface area (Å²) in [6.45, 7) is 8.88. The molecule has 1 rings (SSSR count). The van der Waals surface area contributed by atoms with E-state index in [-0.39, 0.29) is 5.41 Å². The fourth-order valence-electron chi connectivity index (χ4n) is 2.31. The average molecular weight is 266 g/mol. The summed E-state index contributed by atoms with van der Waals surface area (Å²) in [7, 11) is 3.32. The molecule has 0 heterocycles. The standard InChI is InChI=1S/C15H26N2O2/c1-11-8-13(18-4)14(19-5)9-12(11)15(2,3)10-17-7-6-16/h8-9,17H,6-7,10,16H2,1-5H3. The first-order valence-electron chi connectivity index (χ1n) is 6.60. The van der Waals surface area contributed by atoms with Crippen molar-refractivity contribution < 1.29 is 9.47 Å². The molecule has 1 aromatic rings. The van der Waals surface area contributed by atoms with Crippen molar-refractivity contribution in [2.45, 2.75) is 26.2 Å². The summed E-state index contributed by atoms with van der Waals surface area (Å²) in [5, 5.41) is 3.37. The van der Waals surface area contributed by atoms with E-state index in [0.29, 0.717) is 6.54 Å². The van der Waals surface area contributed by atoms with Crippen molar-refractivity contribution in [1.29, 1.82) is 0 Å². The molecule has 19 heavy (non-hydrogen) atoms. The minimum Gasteiger partial charge on any atom is -0.493 e. The Morgan fingerprint density at radius 1 is 1.16 bits per heavy atom. The van der Waals surface area contributed by atoms with Crippen LogP contribution < -0.4 is 20.5 Å². The van der Waals surface area contributed by atoms with Crippen LogP contribution in [0.25, 0.3) is 0 Å². The molecule has 0 aliphatic heterocycles. The lowest BCUT2D eigenvalue weighted by molar-refractivity contribution is 0.352. The number of ether oxygens (including phenoxy) is 2. The molecule has 0 saturated heterocycles. The highest BCUT2D eigenvalue weighted by atomic mass is 16.5. The van der Waals surface area contributed by atoms with Crippen LogP contribution in [0.1, 0.15) is 25.0 Å². The Morgan fingerprint density at radius 3 is 2.26 bits per heavy atom. The Bertz CT molecular complexity index is 417. The lowest BCUT2D eigenvalue weighted by atomic mass is 9.81. The van der Waals surface area contributed by atoms with E-state index < -0.39 is 0 Å².